The Balaban J connectivity index is 3.72. The van der Waals surface area contributed by atoms with Crippen LogP contribution < -0.4 is 0 Å². The SMILES string of the molecule is CC(C)CC(O)CCC(O)C(F)(F)F. The number of hydrogen-bond donors (Lipinski definition) is 2. The monoisotopic (exact) mass is 214 g/mol. The maximum atomic E-state index is 11.8. The highest BCUT2D eigenvalue weighted by Gasteiger charge is 2.37. The van der Waals surface area contributed by atoms with Gasteiger partial charge in [-0.1, -0.05) is 13.8 Å². The summed E-state index contributed by atoms with van der Waals surface area (Å²) in [7, 11) is 0. The predicted octanol–water partition coefficient (Wildman–Crippen LogP) is 2.10. The predicted molar refractivity (Wildman–Crippen MR) is 46.8 cm³/mol. The van der Waals surface area contributed by atoms with E-state index in [0.29, 0.717) is 6.42 Å². The van der Waals surface area contributed by atoms with Crippen LogP contribution in [0.2, 0.25) is 0 Å². The average Bonchev–Trinajstić information content (AvgIpc) is 1.96. The van der Waals surface area contributed by atoms with E-state index in [-0.39, 0.29) is 12.3 Å². The first-order chi connectivity index (χ1) is 6.23. The molecule has 0 aliphatic carbocycles. The molecule has 2 N–H and O–H groups in total. The van der Waals surface area contributed by atoms with Gasteiger partial charge in [0.25, 0.3) is 0 Å². The van der Waals surface area contributed by atoms with Gasteiger partial charge in [0.1, 0.15) is 6.10 Å². The number of halogens is 3. The van der Waals surface area contributed by atoms with Crippen molar-refractivity contribution in [3.05, 3.63) is 0 Å². The molecule has 0 fully saturated rings. The van der Waals surface area contributed by atoms with E-state index < -0.39 is 24.8 Å². The van der Waals surface area contributed by atoms with Gasteiger partial charge in [0.15, 0.2) is 0 Å². The summed E-state index contributed by atoms with van der Waals surface area (Å²) in [4.78, 5) is 0. The minimum Gasteiger partial charge on any atom is -0.393 e. The zero-order valence-corrected chi connectivity index (χ0v) is 8.38. The molecule has 0 aromatic rings. The van der Waals surface area contributed by atoms with Crippen molar-refractivity contribution in [1.82, 2.24) is 0 Å². The number of rotatable bonds is 5. The number of hydrogen-bond acceptors (Lipinski definition) is 2. The number of aliphatic hydroxyl groups is 2. The minimum atomic E-state index is -4.57. The first kappa shape index (κ1) is 13.7. The zero-order valence-electron chi connectivity index (χ0n) is 8.38. The third-order valence-corrected chi connectivity index (χ3v) is 1.89. The fourth-order valence-corrected chi connectivity index (χ4v) is 1.18. The van der Waals surface area contributed by atoms with Crippen LogP contribution in [0.25, 0.3) is 0 Å². The van der Waals surface area contributed by atoms with Crippen molar-refractivity contribution in [2.24, 2.45) is 5.92 Å². The summed E-state index contributed by atoms with van der Waals surface area (Å²) in [5, 5.41) is 17.9. The summed E-state index contributed by atoms with van der Waals surface area (Å²) in [6, 6.07) is 0. The molecule has 0 amide bonds. The summed E-state index contributed by atoms with van der Waals surface area (Å²) >= 11 is 0. The van der Waals surface area contributed by atoms with Gasteiger partial charge in [-0.2, -0.15) is 13.2 Å². The van der Waals surface area contributed by atoms with E-state index in [1.807, 2.05) is 13.8 Å². The topological polar surface area (TPSA) is 40.5 Å². The molecule has 0 bridgehead atoms. The number of alkyl halides is 3. The van der Waals surface area contributed by atoms with Gasteiger partial charge in [-0.25, -0.2) is 0 Å². The van der Waals surface area contributed by atoms with Gasteiger partial charge in [0, 0.05) is 0 Å². The second-order valence-corrected chi connectivity index (χ2v) is 3.92. The molecule has 2 nitrogen and oxygen atoms in total. The fraction of sp³-hybridized carbons (Fsp3) is 1.00. The van der Waals surface area contributed by atoms with Crippen molar-refractivity contribution in [3.63, 3.8) is 0 Å². The van der Waals surface area contributed by atoms with Gasteiger partial charge >= 0.3 is 6.18 Å². The van der Waals surface area contributed by atoms with Crippen LogP contribution >= 0.6 is 0 Å². The molecular weight excluding hydrogens is 197 g/mol. The van der Waals surface area contributed by atoms with Crippen LogP contribution in [-0.2, 0) is 0 Å². The molecule has 0 saturated heterocycles. The van der Waals surface area contributed by atoms with Crippen molar-refractivity contribution in [2.45, 2.75) is 51.5 Å². The minimum absolute atomic E-state index is 0.0150. The molecule has 0 aliphatic rings. The van der Waals surface area contributed by atoms with Gasteiger partial charge < -0.3 is 10.2 Å². The van der Waals surface area contributed by atoms with Crippen molar-refractivity contribution < 1.29 is 23.4 Å². The molecular formula is C9H17F3O2. The van der Waals surface area contributed by atoms with E-state index in [1.54, 1.807) is 0 Å². The molecule has 0 aliphatic heterocycles. The van der Waals surface area contributed by atoms with Gasteiger partial charge in [-0.15, -0.1) is 0 Å². The highest BCUT2D eigenvalue weighted by Crippen LogP contribution is 2.24. The molecule has 5 heteroatoms. The zero-order chi connectivity index (χ0) is 11.4. The lowest BCUT2D eigenvalue weighted by molar-refractivity contribution is -0.206. The van der Waals surface area contributed by atoms with E-state index in [4.69, 9.17) is 5.11 Å². The Morgan fingerprint density at radius 2 is 1.57 bits per heavy atom. The Labute approximate surface area is 81.7 Å². The Morgan fingerprint density at radius 1 is 1.07 bits per heavy atom. The molecule has 2 unspecified atom stereocenters. The van der Waals surface area contributed by atoms with Crippen LogP contribution in [0, 0.1) is 5.92 Å². The largest absolute Gasteiger partial charge is 0.414 e. The lowest BCUT2D eigenvalue weighted by Crippen LogP contribution is -2.29. The standard InChI is InChI=1S/C9H17F3O2/c1-6(2)5-7(13)3-4-8(14)9(10,11)12/h6-8,13-14H,3-5H2,1-2H3. The van der Waals surface area contributed by atoms with Crippen LogP contribution in [0.15, 0.2) is 0 Å². The van der Waals surface area contributed by atoms with Crippen molar-refractivity contribution in [1.29, 1.82) is 0 Å². The quantitative estimate of drug-likeness (QED) is 0.735. The Kier molecular flexibility index (Phi) is 5.44. The van der Waals surface area contributed by atoms with Crippen LogP contribution in [0.4, 0.5) is 13.2 Å². The van der Waals surface area contributed by atoms with Crippen LogP contribution in [0.3, 0.4) is 0 Å². The Morgan fingerprint density at radius 3 is 1.93 bits per heavy atom. The summed E-state index contributed by atoms with van der Waals surface area (Å²) in [5.74, 6) is 0.244. The maximum Gasteiger partial charge on any atom is 0.414 e. The maximum absolute atomic E-state index is 11.8. The van der Waals surface area contributed by atoms with Gasteiger partial charge in [-0.3, -0.25) is 0 Å². The summed E-state index contributed by atoms with van der Waals surface area (Å²) in [5.41, 5.74) is 0. The fourth-order valence-electron chi connectivity index (χ4n) is 1.18. The summed E-state index contributed by atoms with van der Waals surface area (Å²) in [6.07, 6.45) is -7.63. The molecule has 0 heterocycles. The lowest BCUT2D eigenvalue weighted by atomic mass is 10.0. The first-order valence-electron chi connectivity index (χ1n) is 4.66. The van der Waals surface area contributed by atoms with Gasteiger partial charge in [0.05, 0.1) is 6.10 Å². The molecule has 0 aromatic carbocycles. The molecule has 0 saturated carbocycles. The Hall–Kier alpha value is -0.290. The third-order valence-electron chi connectivity index (χ3n) is 1.89. The number of aliphatic hydroxyl groups excluding tert-OH is 2. The second-order valence-electron chi connectivity index (χ2n) is 3.92. The van der Waals surface area contributed by atoms with Gasteiger partial charge in [-0.05, 0) is 25.2 Å². The van der Waals surface area contributed by atoms with Crippen molar-refractivity contribution in [2.75, 3.05) is 0 Å². The third kappa shape index (κ3) is 6.21. The van der Waals surface area contributed by atoms with Gasteiger partial charge in [0.2, 0.25) is 0 Å². The highest BCUT2D eigenvalue weighted by molar-refractivity contribution is 4.68. The van der Waals surface area contributed by atoms with E-state index in [2.05, 4.69) is 0 Å². The lowest BCUT2D eigenvalue weighted by Gasteiger charge is -2.17. The molecule has 0 aromatic heterocycles. The van der Waals surface area contributed by atoms with Crippen LogP contribution in [-0.4, -0.2) is 28.6 Å². The van der Waals surface area contributed by atoms with Crippen LogP contribution in [0.5, 0.6) is 0 Å². The smallest absolute Gasteiger partial charge is 0.393 e. The van der Waals surface area contributed by atoms with E-state index >= 15 is 0 Å². The van der Waals surface area contributed by atoms with Crippen molar-refractivity contribution in [3.8, 4) is 0 Å². The van der Waals surface area contributed by atoms with E-state index in [9.17, 15) is 18.3 Å². The molecule has 2 atom stereocenters. The molecule has 0 radical (unpaired) electrons. The summed E-state index contributed by atoms with van der Waals surface area (Å²) < 4.78 is 35.5. The first-order valence-corrected chi connectivity index (χ1v) is 4.66. The van der Waals surface area contributed by atoms with E-state index in [1.165, 1.54) is 0 Å². The highest BCUT2D eigenvalue weighted by atomic mass is 19.4. The van der Waals surface area contributed by atoms with Crippen LogP contribution in [0.1, 0.15) is 33.1 Å². The molecule has 0 rings (SSSR count). The molecule has 0 spiro atoms. The second kappa shape index (κ2) is 5.56. The Bertz CT molecular complexity index is 157. The van der Waals surface area contributed by atoms with Crippen molar-refractivity contribution >= 4 is 0 Å². The normalized spacial score (nSPS) is 17.1. The molecule has 14 heavy (non-hydrogen) atoms. The molecule has 86 valence electrons. The van der Waals surface area contributed by atoms with E-state index in [0.717, 1.165) is 0 Å². The average molecular weight is 214 g/mol. The summed E-state index contributed by atoms with van der Waals surface area (Å²) in [6.45, 7) is 3.76.